The first-order valence-corrected chi connectivity index (χ1v) is 16.6. The highest BCUT2D eigenvalue weighted by molar-refractivity contribution is 8.00. The molecule has 10 heteroatoms. The quantitative estimate of drug-likeness (QED) is 0.0844. The predicted octanol–water partition coefficient (Wildman–Crippen LogP) is 7.84. The summed E-state index contributed by atoms with van der Waals surface area (Å²) >= 11 is 2.73. The number of hydrogen-bond acceptors (Lipinski definition) is 9. The Bertz CT molecular complexity index is 1690. The first-order valence-electron chi connectivity index (χ1n) is 14.8. The third-order valence-corrected chi connectivity index (χ3v) is 9.17. The maximum Gasteiger partial charge on any atom is 0.296 e. The molecule has 2 heterocycles. The van der Waals surface area contributed by atoms with Crippen molar-refractivity contribution in [1.82, 2.24) is 10.2 Å². The molecule has 45 heavy (non-hydrogen) atoms. The topological polar surface area (TPSA) is 102 Å². The van der Waals surface area contributed by atoms with E-state index in [1.165, 1.54) is 34.1 Å². The van der Waals surface area contributed by atoms with Crippen LogP contribution in [0.1, 0.15) is 49.9 Å². The number of carbonyl (C=O) groups excluding carboxylic acids is 2. The van der Waals surface area contributed by atoms with Crippen molar-refractivity contribution in [3.8, 4) is 11.5 Å². The Morgan fingerprint density at radius 2 is 1.76 bits per heavy atom. The van der Waals surface area contributed by atoms with Gasteiger partial charge in [0.1, 0.15) is 0 Å². The minimum absolute atomic E-state index is 0.0446. The third kappa shape index (κ3) is 7.82. The number of rotatable bonds is 14. The van der Waals surface area contributed by atoms with E-state index in [-0.39, 0.29) is 10.7 Å². The lowest BCUT2D eigenvalue weighted by Gasteiger charge is -2.24. The van der Waals surface area contributed by atoms with Gasteiger partial charge in [-0.25, -0.2) is 0 Å². The normalized spacial score (nSPS) is 15.0. The molecule has 1 aromatic heterocycles. The summed E-state index contributed by atoms with van der Waals surface area (Å²) in [7, 11) is 0. The van der Waals surface area contributed by atoms with Crippen molar-refractivity contribution in [1.29, 1.82) is 0 Å². The van der Waals surface area contributed by atoms with Gasteiger partial charge in [0.15, 0.2) is 27.4 Å². The highest BCUT2D eigenvalue weighted by Crippen LogP contribution is 2.45. The van der Waals surface area contributed by atoms with Gasteiger partial charge in [0, 0.05) is 5.75 Å². The summed E-state index contributed by atoms with van der Waals surface area (Å²) in [6.45, 7) is 7.05. The zero-order chi connectivity index (χ0) is 31.8. The van der Waals surface area contributed by atoms with E-state index < -0.39 is 23.5 Å². The van der Waals surface area contributed by atoms with Gasteiger partial charge in [0.05, 0.1) is 24.8 Å². The fraction of sp³-hybridized carbons (Fsp3) is 0.257. The van der Waals surface area contributed by atoms with E-state index in [1.54, 1.807) is 24.3 Å². The molecule has 0 spiro atoms. The fourth-order valence-electron chi connectivity index (χ4n) is 4.76. The van der Waals surface area contributed by atoms with Gasteiger partial charge in [-0.1, -0.05) is 110 Å². The van der Waals surface area contributed by atoms with Crippen LogP contribution in [-0.4, -0.2) is 40.2 Å². The van der Waals surface area contributed by atoms with Crippen LogP contribution in [0.25, 0.3) is 6.08 Å². The summed E-state index contributed by atoms with van der Waals surface area (Å²) < 4.78 is 12.6. The first kappa shape index (κ1) is 32.0. The van der Waals surface area contributed by atoms with Crippen molar-refractivity contribution in [3.05, 3.63) is 113 Å². The number of aromatic nitrogens is 2. The molecule has 0 bridgehead atoms. The van der Waals surface area contributed by atoms with Crippen LogP contribution < -0.4 is 14.4 Å². The minimum atomic E-state index is -0.964. The highest BCUT2D eigenvalue weighted by atomic mass is 32.2. The van der Waals surface area contributed by atoms with E-state index in [2.05, 4.69) is 24.0 Å². The van der Waals surface area contributed by atoms with Gasteiger partial charge in [-0.2, -0.15) is 0 Å². The van der Waals surface area contributed by atoms with Crippen LogP contribution in [-0.2, 0) is 15.3 Å². The van der Waals surface area contributed by atoms with Crippen LogP contribution in [0.5, 0.6) is 11.5 Å². The minimum Gasteiger partial charge on any atom is -0.503 e. The number of anilines is 1. The molecular formula is C35H35N3O5S2. The number of aliphatic hydroxyl groups is 1. The Hall–Kier alpha value is -4.41. The number of ether oxygens (including phenoxy) is 2. The number of thioether (sulfide) groups is 1. The Morgan fingerprint density at radius 1 is 1.02 bits per heavy atom. The number of nitrogens with zero attached hydrogens (tertiary/aromatic N) is 3. The molecular weight excluding hydrogens is 607 g/mol. The molecule has 1 unspecified atom stereocenters. The number of ketones is 1. The number of hydrogen-bond donors (Lipinski definition) is 1. The molecule has 232 valence electrons. The van der Waals surface area contributed by atoms with Crippen molar-refractivity contribution >= 4 is 46.0 Å². The van der Waals surface area contributed by atoms with Crippen molar-refractivity contribution in [2.24, 2.45) is 5.92 Å². The van der Waals surface area contributed by atoms with Gasteiger partial charge in [0.25, 0.3) is 5.91 Å². The second kappa shape index (κ2) is 15.0. The largest absolute Gasteiger partial charge is 0.503 e. The smallest absolute Gasteiger partial charge is 0.296 e. The fourth-order valence-corrected chi connectivity index (χ4v) is 6.58. The number of allylic oxidation sites excluding steroid dienone is 1. The van der Waals surface area contributed by atoms with Crippen LogP contribution in [0.4, 0.5) is 5.13 Å². The Balaban J connectivity index is 1.50. The van der Waals surface area contributed by atoms with Crippen molar-refractivity contribution in [3.63, 3.8) is 0 Å². The number of aliphatic hydroxyl groups excluding tert-OH is 1. The summed E-state index contributed by atoms with van der Waals surface area (Å²) in [5.41, 5.74) is 2.47. The maximum atomic E-state index is 13.7. The highest BCUT2D eigenvalue weighted by Gasteiger charge is 2.45. The van der Waals surface area contributed by atoms with Crippen molar-refractivity contribution < 1.29 is 24.2 Å². The zero-order valence-electron chi connectivity index (χ0n) is 25.4. The van der Waals surface area contributed by atoms with Crippen LogP contribution in [0, 0.1) is 5.92 Å². The van der Waals surface area contributed by atoms with Gasteiger partial charge in [-0.15, -0.1) is 10.2 Å². The van der Waals surface area contributed by atoms with Gasteiger partial charge >= 0.3 is 0 Å². The maximum absolute atomic E-state index is 13.7. The lowest BCUT2D eigenvalue weighted by atomic mass is 9.95. The molecule has 1 atom stereocenters. The monoisotopic (exact) mass is 641 g/mol. The van der Waals surface area contributed by atoms with Crippen molar-refractivity contribution in [2.75, 3.05) is 18.1 Å². The van der Waals surface area contributed by atoms with Crippen LogP contribution in [0.2, 0.25) is 0 Å². The molecule has 1 aliphatic heterocycles. The molecule has 0 radical (unpaired) electrons. The standard InChI is InChI=1S/C35H35N3O5S2/c1-4-42-29-21-26(16-18-28(29)43-20-19-23(2)3)31-30(27(39)17-15-24-11-7-5-8-12-24)32(40)33(41)38(31)34-36-37-35(45-34)44-22-25-13-9-6-10-14-25/h5-18,21,23,31,40H,4,19-20,22H2,1-3H3. The van der Waals surface area contributed by atoms with Gasteiger partial charge in [-0.3, -0.25) is 14.5 Å². The second-order valence-electron chi connectivity index (χ2n) is 10.7. The van der Waals surface area contributed by atoms with E-state index in [9.17, 15) is 14.7 Å². The SMILES string of the molecule is CCOc1cc(C2C(C(=O)C=Cc3ccccc3)=C(O)C(=O)N2c2nnc(SCc3ccccc3)s2)ccc1OCCC(C)C. The lowest BCUT2D eigenvalue weighted by molar-refractivity contribution is -0.117. The van der Waals surface area contributed by atoms with E-state index in [4.69, 9.17) is 9.47 Å². The molecule has 1 aliphatic rings. The molecule has 5 rings (SSSR count). The molecule has 1 amide bonds. The zero-order valence-corrected chi connectivity index (χ0v) is 27.0. The summed E-state index contributed by atoms with van der Waals surface area (Å²) in [6, 6.07) is 23.7. The van der Waals surface area contributed by atoms with E-state index in [1.807, 2.05) is 67.6 Å². The van der Waals surface area contributed by atoms with E-state index in [0.717, 1.165) is 17.5 Å². The average molecular weight is 642 g/mol. The van der Waals surface area contributed by atoms with Crippen LogP contribution in [0.3, 0.4) is 0 Å². The average Bonchev–Trinajstić information content (AvgIpc) is 3.62. The Labute approximate surface area is 271 Å². The molecule has 4 aromatic rings. The summed E-state index contributed by atoms with van der Waals surface area (Å²) in [4.78, 5) is 28.7. The van der Waals surface area contributed by atoms with Gasteiger partial charge in [0.2, 0.25) is 5.13 Å². The van der Waals surface area contributed by atoms with E-state index in [0.29, 0.717) is 46.3 Å². The number of benzene rings is 3. The summed E-state index contributed by atoms with van der Waals surface area (Å²) in [6.07, 6.45) is 3.91. The lowest BCUT2D eigenvalue weighted by Crippen LogP contribution is -2.31. The molecule has 3 aromatic carbocycles. The van der Waals surface area contributed by atoms with Gasteiger partial charge in [-0.05, 0) is 54.2 Å². The van der Waals surface area contributed by atoms with Crippen LogP contribution in [0.15, 0.2) is 101 Å². The third-order valence-electron chi connectivity index (χ3n) is 7.04. The summed E-state index contributed by atoms with van der Waals surface area (Å²) in [5.74, 6) is 0.384. The van der Waals surface area contributed by atoms with Crippen LogP contribution >= 0.6 is 23.1 Å². The molecule has 1 N–H and O–H groups in total. The van der Waals surface area contributed by atoms with Gasteiger partial charge < -0.3 is 14.6 Å². The molecule has 8 nitrogen and oxygen atoms in total. The summed E-state index contributed by atoms with van der Waals surface area (Å²) in [5, 5.41) is 20.1. The second-order valence-corrected chi connectivity index (χ2v) is 12.9. The van der Waals surface area contributed by atoms with E-state index >= 15 is 0 Å². The molecule has 0 aliphatic carbocycles. The molecule has 0 saturated carbocycles. The Kier molecular flexibility index (Phi) is 10.7. The Morgan fingerprint density at radius 3 is 2.47 bits per heavy atom. The number of amides is 1. The molecule has 0 saturated heterocycles. The first-order chi connectivity index (χ1) is 21.9. The number of carbonyl (C=O) groups is 2. The molecule has 0 fully saturated rings. The predicted molar refractivity (Wildman–Crippen MR) is 179 cm³/mol. The van der Waals surface area contributed by atoms with Crippen molar-refractivity contribution in [2.45, 2.75) is 43.3 Å².